The number of rotatable bonds is 6. The highest BCUT2D eigenvalue weighted by Crippen LogP contribution is 2.32. The number of hydrogen-bond donors (Lipinski definition) is 0. The minimum absolute atomic E-state index is 0.0962. The zero-order valence-electron chi connectivity index (χ0n) is 12.6. The van der Waals surface area contributed by atoms with Gasteiger partial charge in [0.25, 0.3) is 0 Å². The summed E-state index contributed by atoms with van der Waals surface area (Å²) in [5, 5.41) is 0.0962. The molecule has 0 bridgehead atoms. The quantitative estimate of drug-likeness (QED) is 0.570. The van der Waals surface area contributed by atoms with E-state index in [1.807, 2.05) is 0 Å². The molecule has 0 spiro atoms. The van der Waals surface area contributed by atoms with E-state index in [-0.39, 0.29) is 5.22 Å². The molecule has 1 aliphatic heterocycles. The average Bonchev–Trinajstić information content (AvgIpc) is 2.45. The van der Waals surface area contributed by atoms with Gasteiger partial charge in [-0.3, -0.25) is 0 Å². The van der Waals surface area contributed by atoms with Crippen molar-refractivity contribution in [2.75, 3.05) is 6.61 Å². The topological polar surface area (TPSA) is 9.23 Å². The zero-order valence-corrected chi connectivity index (χ0v) is 14.6. The Bertz CT molecular complexity index is 365. The number of benzene rings is 1. The molecule has 0 N–H and O–H groups in total. The van der Waals surface area contributed by atoms with E-state index in [1.165, 1.54) is 62.5 Å². The van der Waals surface area contributed by atoms with E-state index in [9.17, 15) is 0 Å². The van der Waals surface area contributed by atoms with Gasteiger partial charge in [0.2, 0.25) is 0 Å². The first-order chi connectivity index (χ1) is 9.24. The largest absolute Gasteiger partial charge is 0.375 e. The second-order valence-corrected chi connectivity index (χ2v) is 7.66. The van der Waals surface area contributed by atoms with Gasteiger partial charge >= 0.3 is 0 Å². The third kappa shape index (κ3) is 4.18. The molecule has 106 valence electrons. The molecule has 1 nitrogen and oxygen atoms in total. The molecule has 0 saturated carbocycles. The van der Waals surface area contributed by atoms with Crippen molar-refractivity contribution in [3.05, 3.63) is 35.4 Å². The minimum Gasteiger partial charge on any atom is -0.375 e. The normalized spacial score (nSPS) is 23.6. The molecule has 0 amide bonds. The van der Waals surface area contributed by atoms with Gasteiger partial charge in [-0.2, -0.15) is 0 Å². The van der Waals surface area contributed by atoms with Crippen molar-refractivity contribution in [1.29, 1.82) is 0 Å². The van der Waals surface area contributed by atoms with Gasteiger partial charge in [-0.05, 0) is 43.2 Å². The van der Waals surface area contributed by atoms with Crippen molar-refractivity contribution in [2.45, 2.75) is 63.5 Å². The first-order valence-corrected chi connectivity index (χ1v) is 8.98. The van der Waals surface area contributed by atoms with Gasteiger partial charge in [0.05, 0.1) is 5.22 Å². The summed E-state index contributed by atoms with van der Waals surface area (Å²) in [4.78, 5) is 0. The third-order valence-corrected chi connectivity index (χ3v) is 5.72. The lowest BCUT2D eigenvalue weighted by Gasteiger charge is -2.34. The Hall–Kier alpha value is -0.603. The van der Waals surface area contributed by atoms with Crippen molar-refractivity contribution >= 4 is 10.2 Å². The summed E-state index contributed by atoms with van der Waals surface area (Å²) < 4.78 is 6.07. The Kier molecular flexibility index (Phi) is 5.65. The summed E-state index contributed by atoms with van der Waals surface area (Å²) in [6.07, 6.45) is 10.4. The summed E-state index contributed by atoms with van der Waals surface area (Å²) in [6.45, 7) is 3.21. The van der Waals surface area contributed by atoms with Crippen LogP contribution in [0.25, 0.3) is 0 Å². The summed E-state index contributed by atoms with van der Waals surface area (Å²) in [6, 6.07) is 9.26. The van der Waals surface area contributed by atoms with Gasteiger partial charge in [0, 0.05) is 16.8 Å². The SMILES string of the molecule is CCCCCCc1ccc(C2([SiH3])CCCCO2)cc1. The molecule has 1 aromatic carbocycles. The Morgan fingerprint density at radius 2 is 1.89 bits per heavy atom. The Labute approximate surface area is 121 Å². The van der Waals surface area contributed by atoms with Crippen LogP contribution in [-0.4, -0.2) is 16.8 Å². The Balaban J connectivity index is 1.90. The van der Waals surface area contributed by atoms with E-state index in [2.05, 4.69) is 31.2 Å². The standard InChI is InChI=1S/C17H28OSi/c1-2-3-4-5-8-15-9-11-16(12-10-15)17(19)13-6-7-14-18-17/h9-12H,2-8,13-14H2,1,19H3. The van der Waals surface area contributed by atoms with E-state index in [4.69, 9.17) is 4.74 Å². The summed E-state index contributed by atoms with van der Waals surface area (Å²) >= 11 is 0. The van der Waals surface area contributed by atoms with Crippen molar-refractivity contribution < 1.29 is 4.74 Å². The predicted molar refractivity (Wildman–Crippen MR) is 85.7 cm³/mol. The molecule has 1 unspecified atom stereocenters. The van der Waals surface area contributed by atoms with Crippen molar-refractivity contribution in [3.8, 4) is 0 Å². The molecule has 1 fully saturated rings. The fourth-order valence-corrected chi connectivity index (χ4v) is 3.83. The van der Waals surface area contributed by atoms with E-state index in [0.29, 0.717) is 0 Å². The molecule has 0 aliphatic carbocycles. The molecule has 1 aliphatic rings. The van der Waals surface area contributed by atoms with Crippen LogP contribution < -0.4 is 0 Å². The summed E-state index contributed by atoms with van der Waals surface area (Å²) in [5.41, 5.74) is 2.90. The molecule has 2 rings (SSSR count). The molecule has 2 heteroatoms. The molecule has 1 heterocycles. The smallest absolute Gasteiger partial charge is 0.0723 e. The van der Waals surface area contributed by atoms with Crippen LogP contribution >= 0.6 is 0 Å². The van der Waals surface area contributed by atoms with E-state index in [0.717, 1.165) is 16.8 Å². The number of aryl methyl sites for hydroxylation is 1. The first-order valence-electron chi connectivity index (χ1n) is 7.98. The van der Waals surface area contributed by atoms with E-state index in [1.54, 1.807) is 0 Å². The minimum atomic E-state index is 0.0962. The highest BCUT2D eigenvalue weighted by atomic mass is 28.1. The van der Waals surface area contributed by atoms with Gasteiger partial charge in [-0.25, -0.2) is 0 Å². The van der Waals surface area contributed by atoms with E-state index >= 15 is 0 Å². The van der Waals surface area contributed by atoms with Crippen LogP contribution in [-0.2, 0) is 16.4 Å². The second-order valence-electron chi connectivity index (χ2n) is 6.04. The predicted octanol–water partition coefficient (Wildman–Crippen LogP) is 3.53. The van der Waals surface area contributed by atoms with Gasteiger partial charge < -0.3 is 4.74 Å². The lowest BCUT2D eigenvalue weighted by atomic mass is 9.98. The van der Waals surface area contributed by atoms with Gasteiger partial charge in [-0.15, -0.1) is 0 Å². The van der Waals surface area contributed by atoms with Gasteiger partial charge in [-0.1, -0.05) is 50.5 Å². The monoisotopic (exact) mass is 276 g/mol. The van der Waals surface area contributed by atoms with Crippen molar-refractivity contribution in [1.82, 2.24) is 0 Å². The average molecular weight is 276 g/mol. The molecular formula is C17H28OSi. The van der Waals surface area contributed by atoms with Crippen LogP contribution in [0.2, 0.25) is 0 Å². The van der Waals surface area contributed by atoms with Crippen molar-refractivity contribution in [2.24, 2.45) is 0 Å². The Morgan fingerprint density at radius 3 is 2.53 bits per heavy atom. The Morgan fingerprint density at radius 1 is 1.11 bits per heavy atom. The molecule has 1 saturated heterocycles. The molecule has 0 aromatic heterocycles. The lowest BCUT2D eigenvalue weighted by Crippen LogP contribution is -2.33. The fourth-order valence-electron chi connectivity index (χ4n) is 2.94. The fraction of sp³-hybridized carbons (Fsp3) is 0.647. The summed E-state index contributed by atoms with van der Waals surface area (Å²) in [7, 11) is 1.10. The highest BCUT2D eigenvalue weighted by molar-refractivity contribution is 6.14. The molecule has 19 heavy (non-hydrogen) atoms. The molecule has 1 atom stereocenters. The van der Waals surface area contributed by atoms with Crippen molar-refractivity contribution in [3.63, 3.8) is 0 Å². The third-order valence-electron chi connectivity index (χ3n) is 4.35. The number of hydrogen-bond acceptors (Lipinski definition) is 1. The van der Waals surface area contributed by atoms with Gasteiger partial charge in [0.1, 0.15) is 0 Å². The van der Waals surface area contributed by atoms with Crippen LogP contribution in [0.4, 0.5) is 0 Å². The number of ether oxygens (including phenoxy) is 1. The first kappa shape index (κ1) is 14.8. The summed E-state index contributed by atoms with van der Waals surface area (Å²) in [5.74, 6) is 0. The van der Waals surface area contributed by atoms with E-state index < -0.39 is 0 Å². The maximum atomic E-state index is 6.07. The van der Waals surface area contributed by atoms with Gasteiger partial charge in [0.15, 0.2) is 0 Å². The van der Waals surface area contributed by atoms with Crippen LogP contribution in [0, 0.1) is 0 Å². The second kappa shape index (κ2) is 7.25. The molecular weight excluding hydrogens is 248 g/mol. The van der Waals surface area contributed by atoms with Crippen LogP contribution in [0.1, 0.15) is 63.0 Å². The zero-order chi connectivity index (χ0) is 13.6. The maximum Gasteiger partial charge on any atom is 0.0723 e. The maximum absolute atomic E-state index is 6.07. The van der Waals surface area contributed by atoms with Crippen LogP contribution in [0.15, 0.2) is 24.3 Å². The highest BCUT2D eigenvalue weighted by Gasteiger charge is 2.29. The molecule has 0 radical (unpaired) electrons. The van der Waals surface area contributed by atoms with Crippen LogP contribution in [0.3, 0.4) is 0 Å². The number of unbranched alkanes of at least 4 members (excludes halogenated alkanes) is 3. The lowest BCUT2D eigenvalue weighted by molar-refractivity contribution is -0.0210. The molecule has 1 aromatic rings. The van der Waals surface area contributed by atoms with Crippen LogP contribution in [0.5, 0.6) is 0 Å².